The molecule has 0 aromatic carbocycles. The zero-order valence-electron chi connectivity index (χ0n) is 9.57. The minimum Gasteiger partial charge on any atom is -0.353 e. The third-order valence-electron chi connectivity index (χ3n) is 3.19. The maximum atomic E-state index is 12.1. The molecule has 16 heavy (non-hydrogen) atoms. The van der Waals surface area contributed by atoms with Crippen LogP contribution in [0.25, 0.3) is 0 Å². The Labute approximate surface area is 95.8 Å². The van der Waals surface area contributed by atoms with Gasteiger partial charge in [0.15, 0.2) is 0 Å². The number of amides is 3. The Morgan fingerprint density at radius 3 is 2.31 bits per heavy atom. The summed E-state index contributed by atoms with van der Waals surface area (Å²) in [4.78, 5) is 26.9. The normalized spacial score (nSPS) is 22.6. The molecule has 2 saturated heterocycles. The number of rotatable bonds is 0. The van der Waals surface area contributed by atoms with Crippen LogP contribution in [0.4, 0.5) is 4.79 Å². The average molecular weight is 225 g/mol. The van der Waals surface area contributed by atoms with Gasteiger partial charge in [-0.05, 0) is 12.8 Å². The van der Waals surface area contributed by atoms with E-state index in [0.717, 1.165) is 25.9 Å². The van der Waals surface area contributed by atoms with Crippen molar-refractivity contribution in [1.82, 2.24) is 15.1 Å². The lowest BCUT2D eigenvalue weighted by molar-refractivity contribution is -0.123. The Hall–Kier alpha value is -1.26. The van der Waals surface area contributed by atoms with Crippen LogP contribution in [0.3, 0.4) is 0 Å². The summed E-state index contributed by atoms with van der Waals surface area (Å²) in [6, 6.07) is 0.0387. The van der Waals surface area contributed by atoms with Crippen molar-refractivity contribution in [3.63, 3.8) is 0 Å². The molecule has 5 nitrogen and oxygen atoms in total. The van der Waals surface area contributed by atoms with Crippen LogP contribution >= 0.6 is 0 Å². The molecule has 0 spiro atoms. The first-order chi connectivity index (χ1) is 7.77. The van der Waals surface area contributed by atoms with E-state index in [1.54, 1.807) is 4.90 Å². The van der Waals surface area contributed by atoms with E-state index in [-0.39, 0.29) is 18.5 Å². The van der Waals surface area contributed by atoms with Gasteiger partial charge >= 0.3 is 6.03 Å². The van der Waals surface area contributed by atoms with Gasteiger partial charge < -0.3 is 15.1 Å². The predicted octanol–water partition coefficient (Wildman–Crippen LogP) is 0.414. The van der Waals surface area contributed by atoms with Crippen molar-refractivity contribution in [3.8, 4) is 0 Å². The number of piperazine rings is 1. The van der Waals surface area contributed by atoms with E-state index in [4.69, 9.17) is 0 Å². The first-order valence-corrected chi connectivity index (χ1v) is 6.08. The molecule has 2 aliphatic heterocycles. The van der Waals surface area contributed by atoms with Gasteiger partial charge in [-0.15, -0.1) is 0 Å². The third-order valence-corrected chi connectivity index (χ3v) is 3.19. The summed E-state index contributed by atoms with van der Waals surface area (Å²) in [6.45, 7) is 3.13. The molecule has 0 bridgehead atoms. The largest absolute Gasteiger partial charge is 0.353 e. The number of hydrogen-bond acceptors (Lipinski definition) is 2. The predicted molar refractivity (Wildman–Crippen MR) is 60.0 cm³/mol. The molecule has 1 N–H and O–H groups in total. The van der Waals surface area contributed by atoms with Gasteiger partial charge in [-0.1, -0.05) is 12.8 Å². The van der Waals surface area contributed by atoms with Crippen LogP contribution in [0.5, 0.6) is 0 Å². The summed E-state index contributed by atoms with van der Waals surface area (Å²) < 4.78 is 0. The van der Waals surface area contributed by atoms with E-state index < -0.39 is 0 Å². The number of nitrogens with zero attached hydrogens (tertiary/aromatic N) is 2. The second kappa shape index (κ2) is 5.18. The van der Waals surface area contributed by atoms with Gasteiger partial charge in [0.25, 0.3) is 0 Å². The van der Waals surface area contributed by atoms with Crippen molar-refractivity contribution in [2.45, 2.75) is 25.7 Å². The van der Waals surface area contributed by atoms with Crippen molar-refractivity contribution < 1.29 is 9.59 Å². The smallest absolute Gasteiger partial charge is 0.320 e. The number of likely N-dealkylation sites (tertiary alicyclic amines) is 1. The Balaban J connectivity index is 1.91. The molecule has 2 aliphatic rings. The monoisotopic (exact) mass is 225 g/mol. The molecule has 0 aromatic rings. The second-order valence-corrected chi connectivity index (χ2v) is 4.46. The Bertz CT molecular complexity index is 272. The fourth-order valence-corrected chi connectivity index (χ4v) is 2.26. The third kappa shape index (κ3) is 2.65. The van der Waals surface area contributed by atoms with E-state index in [2.05, 4.69) is 5.32 Å². The highest BCUT2D eigenvalue weighted by Gasteiger charge is 2.25. The van der Waals surface area contributed by atoms with Crippen LogP contribution in [-0.2, 0) is 4.79 Å². The summed E-state index contributed by atoms with van der Waals surface area (Å²) in [5.41, 5.74) is 0. The Morgan fingerprint density at radius 2 is 1.69 bits per heavy atom. The fourth-order valence-electron chi connectivity index (χ4n) is 2.26. The molecule has 5 heteroatoms. The first kappa shape index (κ1) is 11.2. The minimum absolute atomic E-state index is 0.0387. The van der Waals surface area contributed by atoms with Gasteiger partial charge in [0.1, 0.15) is 6.54 Å². The molecule has 0 radical (unpaired) electrons. The molecule has 3 amide bonds. The van der Waals surface area contributed by atoms with Gasteiger partial charge in [0.2, 0.25) is 5.91 Å². The maximum Gasteiger partial charge on any atom is 0.320 e. The van der Waals surface area contributed by atoms with Gasteiger partial charge in [-0.2, -0.15) is 0 Å². The van der Waals surface area contributed by atoms with Crippen LogP contribution in [0.15, 0.2) is 0 Å². The zero-order chi connectivity index (χ0) is 11.4. The number of carbonyl (C=O) groups excluding carboxylic acids is 2. The molecule has 0 unspecified atom stereocenters. The molecule has 0 aliphatic carbocycles. The molecule has 2 heterocycles. The SMILES string of the molecule is O=C1CN(C(=O)N2CCCCCC2)CCN1. The highest BCUT2D eigenvalue weighted by atomic mass is 16.2. The summed E-state index contributed by atoms with van der Waals surface area (Å²) >= 11 is 0. The van der Waals surface area contributed by atoms with E-state index in [1.165, 1.54) is 12.8 Å². The van der Waals surface area contributed by atoms with Gasteiger partial charge in [-0.25, -0.2) is 4.79 Å². The quantitative estimate of drug-likeness (QED) is 0.649. The maximum absolute atomic E-state index is 12.1. The lowest BCUT2D eigenvalue weighted by atomic mass is 10.2. The summed E-state index contributed by atoms with van der Waals surface area (Å²) in [7, 11) is 0. The summed E-state index contributed by atoms with van der Waals surface area (Å²) in [5, 5.41) is 2.73. The highest BCUT2D eigenvalue weighted by Crippen LogP contribution is 2.12. The van der Waals surface area contributed by atoms with Crippen molar-refractivity contribution in [1.29, 1.82) is 0 Å². The van der Waals surface area contributed by atoms with Gasteiger partial charge in [0.05, 0.1) is 0 Å². The molecule has 90 valence electrons. The highest BCUT2D eigenvalue weighted by molar-refractivity contribution is 5.85. The first-order valence-electron chi connectivity index (χ1n) is 6.08. The fraction of sp³-hybridized carbons (Fsp3) is 0.818. The molecule has 2 fully saturated rings. The van der Waals surface area contributed by atoms with Crippen molar-refractivity contribution in [2.75, 3.05) is 32.7 Å². The van der Waals surface area contributed by atoms with E-state index >= 15 is 0 Å². The minimum atomic E-state index is -0.0468. The van der Waals surface area contributed by atoms with Crippen LogP contribution in [0, 0.1) is 0 Å². The number of hydrogen-bond donors (Lipinski definition) is 1. The van der Waals surface area contributed by atoms with Crippen molar-refractivity contribution >= 4 is 11.9 Å². The zero-order valence-corrected chi connectivity index (χ0v) is 9.57. The van der Waals surface area contributed by atoms with Crippen molar-refractivity contribution in [2.24, 2.45) is 0 Å². The average Bonchev–Trinajstić information content (AvgIpc) is 2.56. The Morgan fingerprint density at radius 1 is 1.00 bits per heavy atom. The lowest BCUT2D eigenvalue weighted by Gasteiger charge is -2.32. The van der Waals surface area contributed by atoms with Crippen molar-refractivity contribution in [3.05, 3.63) is 0 Å². The lowest BCUT2D eigenvalue weighted by Crippen LogP contribution is -2.54. The number of carbonyl (C=O) groups is 2. The molecule has 0 atom stereocenters. The molecule has 0 aromatic heterocycles. The van der Waals surface area contributed by atoms with Gasteiger partial charge in [0, 0.05) is 26.2 Å². The summed E-state index contributed by atoms with van der Waals surface area (Å²) in [5.74, 6) is -0.0468. The van der Waals surface area contributed by atoms with Crippen LogP contribution in [0.2, 0.25) is 0 Å². The molecule has 2 rings (SSSR count). The van der Waals surface area contributed by atoms with Crippen LogP contribution in [0.1, 0.15) is 25.7 Å². The number of urea groups is 1. The van der Waals surface area contributed by atoms with E-state index in [1.807, 2.05) is 4.90 Å². The van der Waals surface area contributed by atoms with Crippen LogP contribution in [-0.4, -0.2) is 54.5 Å². The molecular formula is C11H19N3O2. The topological polar surface area (TPSA) is 52.7 Å². The summed E-state index contributed by atoms with van der Waals surface area (Å²) in [6.07, 6.45) is 4.60. The van der Waals surface area contributed by atoms with Gasteiger partial charge in [-0.3, -0.25) is 4.79 Å². The molecular weight excluding hydrogens is 206 g/mol. The van der Waals surface area contributed by atoms with Crippen LogP contribution < -0.4 is 5.32 Å². The van der Waals surface area contributed by atoms with E-state index in [0.29, 0.717) is 13.1 Å². The van der Waals surface area contributed by atoms with E-state index in [9.17, 15) is 9.59 Å². The Kier molecular flexibility index (Phi) is 3.64. The molecule has 0 saturated carbocycles. The number of nitrogens with one attached hydrogen (secondary N) is 1. The standard InChI is InChI=1S/C11H19N3O2/c15-10-9-14(8-5-12-10)11(16)13-6-3-1-2-4-7-13/h1-9H2,(H,12,15). The second-order valence-electron chi connectivity index (χ2n) is 4.46.